The number of carbonyl (C=O) groups is 3. The number of thioether (sulfide) groups is 1. The first kappa shape index (κ1) is 32.4. The number of hydrogen-bond acceptors (Lipinski definition) is 9. The van der Waals surface area contributed by atoms with Crippen molar-refractivity contribution in [3.63, 3.8) is 0 Å². The normalized spacial score (nSPS) is 18.2. The molecule has 13 heteroatoms. The van der Waals surface area contributed by atoms with E-state index in [4.69, 9.17) is 9.47 Å². The van der Waals surface area contributed by atoms with E-state index < -0.39 is 55.7 Å². The van der Waals surface area contributed by atoms with Crippen molar-refractivity contribution in [2.75, 3.05) is 24.2 Å². The lowest BCUT2D eigenvalue weighted by Crippen LogP contribution is -2.65. The van der Waals surface area contributed by atoms with Crippen molar-refractivity contribution in [1.29, 1.82) is 0 Å². The number of Topliss-reactive ketones (excluding diaryl/α,β-unsaturated/α-hetero) is 1. The first-order valence-corrected chi connectivity index (χ1v) is 15.2. The van der Waals surface area contributed by atoms with Crippen LogP contribution in [-0.4, -0.2) is 73.1 Å². The number of ketones is 1. The number of sulfonamides is 1. The Hall–Kier alpha value is -3.16. The molecule has 0 aromatic heterocycles. The Labute approximate surface area is 244 Å². The van der Waals surface area contributed by atoms with Crippen LogP contribution in [0.3, 0.4) is 0 Å². The second kappa shape index (κ2) is 11.6. The molecule has 0 spiro atoms. The van der Waals surface area contributed by atoms with Gasteiger partial charge in [-0.3, -0.25) is 10.1 Å². The van der Waals surface area contributed by atoms with E-state index in [1.165, 1.54) is 61.9 Å². The largest absolute Gasteiger partial charge is 0.458 e. The minimum atomic E-state index is -4.69. The topological polar surface area (TPSA) is 122 Å². The van der Waals surface area contributed by atoms with E-state index in [0.29, 0.717) is 10.1 Å². The monoisotopic (exact) mass is 609 g/mol. The second-order valence-corrected chi connectivity index (χ2v) is 14.5. The lowest BCUT2D eigenvalue weighted by Gasteiger charge is -2.41. The molecule has 1 fully saturated rings. The summed E-state index contributed by atoms with van der Waals surface area (Å²) < 4.78 is 53.9. The van der Waals surface area contributed by atoms with Crippen molar-refractivity contribution in [3.8, 4) is 5.75 Å². The number of rotatable bonds is 8. The average Bonchev–Trinajstić information content (AvgIpc) is 3.23. The number of carbonyl (C=O) groups excluding carboxylic acids is 3. The molecule has 3 rings (SSSR count). The molecule has 0 unspecified atom stereocenters. The molecular weight excluding hydrogens is 573 g/mol. The standard InChI is InChI=1S/C28H36FN3O7S2/c1-26(2,3)39-24(34)28(6,22(33)23-30-27(4,5)17-40-23)32(41(36,37)21-15-9-18(29)10-16-21)19-11-13-20(14-12-19)38-25(35)31(7)8/h9-16,23,30H,17H2,1-8H3/t23-,28+/m0/s1. The maximum absolute atomic E-state index is 14.3. The van der Waals surface area contributed by atoms with Crippen LogP contribution in [-0.2, 0) is 24.3 Å². The summed E-state index contributed by atoms with van der Waals surface area (Å²) in [6.07, 6.45) is -0.658. The Morgan fingerprint density at radius 2 is 1.56 bits per heavy atom. The van der Waals surface area contributed by atoms with Crippen LogP contribution >= 0.6 is 11.8 Å². The first-order valence-electron chi connectivity index (χ1n) is 12.8. The van der Waals surface area contributed by atoms with Gasteiger partial charge in [0.1, 0.15) is 22.5 Å². The van der Waals surface area contributed by atoms with Gasteiger partial charge in [-0.25, -0.2) is 26.7 Å². The Morgan fingerprint density at radius 1 is 1.00 bits per heavy atom. The SMILES string of the molecule is CN(C)C(=O)Oc1ccc(N([C@@](C)(C(=O)OC(C)(C)C)C(=O)[C@H]2NC(C)(C)CS2)S(=O)(=O)c2ccc(F)cc2)cc1. The van der Waals surface area contributed by atoms with Crippen molar-refractivity contribution in [3.05, 3.63) is 54.3 Å². The third-order valence-corrected chi connectivity index (χ3v) is 9.52. The first-order chi connectivity index (χ1) is 18.8. The van der Waals surface area contributed by atoms with E-state index in [1.807, 2.05) is 13.8 Å². The molecule has 1 heterocycles. The van der Waals surface area contributed by atoms with Gasteiger partial charge in [0.25, 0.3) is 10.0 Å². The number of nitrogens with zero attached hydrogens (tertiary/aromatic N) is 2. The van der Waals surface area contributed by atoms with E-state index in [0.717, 1.165) is 24.3 Å². The summed E-state index contributed by atoms with van der Waals surface area (Å²) in [5.74, 6) is -1.86. The summed E-state index contributed by atoms with van der Waals surface area (Å²) in [6, 6.07) is 9.36. The van der Waals surface area contributed by atoms with Gasteiger partial charge in [0, 0.05) is 25.4 Å². The highest BCUT2D eigenvalue weighted by Crippen LogP contribution is 2.39. The van der Waals surface area contributed by atoms with Gasteiger partial charge in [0.2, 0.25) is 5.54 Å². The number of anilines is 1. The molecule has 1 amide bonds. The summed E-state index contributed by atoms with van der Waals surface area (Å²) in [5.41, 5.74) is -4.02. The molecular formula is C28H36FN3O7S2. The number of halogens is 1. The second-order valence-electron chi connectivity index (χ2n) is 11.6. The maximum Gasteiger partial charge on any atom is 0.414 e. The third kappa shape index (κ3) is 7.19. The third-order valence-electron chi connectivity index (χ3n) is 6.05. The quantitative estimate of drug-likeness (QED) is 0.347. The van der Waals surface area contributed by atoms with Crippen molar-refractivity contribution in [2.24, 2.45) is 0 Å². The Kier molecular flexibility index (Phi) is 9.16. The molecule has 1 aliphatic rings. The predicted molar refractivity (Wildman–Crippen MR) is 155 cm³/mol. The summed E-state index contributed by atoms with van der Waals surface area (Å²) in [4.78, 5) is 41.1. The minimum absolute atomic E-state index is 0.0806. The van der Waals surface area contributed by atoms with Crippen molar-refractivity contribution in [1.82, 2.24) is 10.2 Å². The van der Waals surface area contributed by atoms with Crippen molar-refractivity contribution in [2.45, 2.75) is 68.5 Å². The van der Waals surface area contributed by atoms with Crippen LogP contribution in [0.15, 0.2) is 53.4 Å². The van der Waals surface area contributed by atoms with E-state index in [9.17, 15) is 27.2 Å². The number of nitrogens with one attached hydrogen (secondary N) is 1. The van der Waals surface area contributed by atoms with Crippen molar-refractivity contribution < 1.29 is 36.7 Å². The summed E-state index contributed by atoms with van der Waals surface area (Å²) >= 11 is 1.25. The smallest absolute Gasteiger partial charge is 0.414 e. The summed E-state index contributed by atoms with van der Waals surface area (Å²) in [6.45, 7) is 9.80. The molecule has 0 radical (unpaired) electrons. The molecule has 2 aromatic rings. The zero-order valence-corrected chi connectivity index (χ0v) is 26.0. The lowest BCUT2D eigenvalue weighted by molar-refractivity contribution is -0.162. The zero-order chi connectivity index (χ0) is 31.0. The molecule has 1 saturated heterocycles. The average molecular weight is 610 g/mol. The van der Waals surface area contributed by atoms with Crippen LogP contribution in [0.2, 0.25) is 0 Å². The van der Waals surface area contributed by atoms with E-state index in [-0.39, 0.29) is 16.3 Å². The maximum atomic E-state index is 14.3. The van der Waals surface area contributed by atoms with Crippen LogP contribution in [0.4, 0.5) is 14.9 Å². The fourth-order valence-corrected chi connectivity index (χ4v) is 7.16. The predicted octanol–water partition coefficient (Wildman–Crippen LogP) is 4.19. The molecule has 0 bridgehead atoms. The number of benzene rings is 2. The van der Waals surface area contributed by atoms with Crippen molar-refractivity contribution >= 4 is 45.3 Å². The molecule has 0 aliphatic carbocycles. The highest BCUT2D eigenvalue weighted by atomic mass is 32.2. The summed E-state index contributed by atoms with van der Waals surface area (Å²) in [7, 11) is -1.69. The van der Waals surface area contributed by atoms with Gasteiger partial charge in [0.05, 0.1) is 10.6 Å². The molecule has 41 heavy (non-hydrogen) atoms. The number of ether oxygens (including phenoxy) is 2. The van der Waals surface area contributed by atoms with Gasteiger partial charge < -0.3 is 14.4 Å². The van der Waals surface area contributed by atoms with Crippen LogP contribution in [0.5, 0.6) is 5.75 Å². The highest BCUT2D eigenvalue weighted by Gasteiger charge is 2.57. The molecule has 2 atom stereocenters. The van der Waals surface area contributed by atoms with E-state index >= 15 is 0 Å². The lowest BCUT2D eigenvalue weighted by atomic mass is 9.94. The number of esters is 1. The molecule has 0 saturated carbocycles. The Morgan fingerprint density at radius 3 is 2.02 bits per heavy atom. The summed E-state index contributed by atoms with van der Waals surface area (Å²) in [5, 5.41) is 2.24. The molecule has 10 nitrogen and oxygen atoms in total. The van der Waals surface area contributed by atoms with Gasteiger partial charge in [-0.2, -0.15) is 0 Å². The Balaban J connectivity index is 2.26. The van der Waals surface area contributed by atoms with Gasteiger partial charge in [-0.05, 0) is 90.1 Å². The van der Waals surface area contributed by atoms with E-state index in [1.54, 1.807) is 20.8 Å². The van der Waals surface area contributed by atoms with Crippen LogP contribution in [0.25, 0.3) is 0 Å². The van der Waals surface area contributed by atoms with Crippen LogP contribution in [0.1, 0.15) is 41.5 Å². The highest BCUT2D eigenvalue weighted by molar-refractivity contribution is 8.01. The van der Waals surface area contributed by atoms with Gasteiger partial charge in [-0.1, -0.05) is 0 Å². The fraction of sp³-hybridized carbons (Fsp3) is 0.464. The van der Waals surface area contributed by atoms with Gasteiger partial charge >= 0.3 is 12.1 Å². The molecule has 1 aliphatic heterocycles. The molecule has 2 aromatic carbocycles. The van der Waals surface area contributed by atoms with Gasteiger partial charge in [0.15, 0.2) is 5.78 Å². The molecule has 224 valence electrons. The number of amides is 1. The minimum Gasteiger partial charge on any atom is -0.458 e. The fourth-order valence-electron chi connectivity index (χ4n) is 3.98. The van der Waals surface area contributed by atoms with E-state index in [2.05, 4.69) is 5.32 Å². The van der Waals surface area contributed by atoms with Gasteiger partial charge in [-0.15, -0.1) is 11.8 Å². The molecule has 1 N–H and O–H groups in total. The Bertz CT molecular complexity index is 1410. The zero-order valence-electron chi connectivity index (χ0n) is 24.3. The van der Waals surface area contributed by atoms with Crippen LogP contribution in [0, 0.1) is 5.82 Å². The van der Waals surface area contributed by atoms with Crippen LogP contribution < -0.4 is 14.4 Å². The number of hydrogen-bond donors (Lipinski definition) is 1.